The summed E-state index contributed by atoms with van der Waals surface area (Å²) in [6, 6.07) is 8.32. The molecular formula is C15H25NOS. The second-order valence-corrected chi connectivity index (χ2v) is 5.43. The molecule has 0 N–H and O–H groups in total. The standard InChI is InChI=1S/C15H25NOS/c1-4-16(5-2)12-6-7-13-18-15-10-8-14(17-3)9-11-15/h8-11H,4-7,12-13H2,1-3H3. The zero-order valence-corrected chi connectivity index (χ0v) is 12.6. The van der Waals surface area contributed by atoms with E-state index in [1.54, 1.807) is 7.11 Å². The van der Waals surface area contributed by atoms with Crippen LogP contribution in [0, 0.1) is 0 Å². The molecule has 18 heavy (non-hydrogen) atoms. The maximum absolute atomic E-state index is 5.15. The lowest BCUT2D eigenvalue weighted by Gasteiger charge is -2.17. The van der Waals surface area contributed by atoms with Crippen LogP contribution in [0.2, 0.25) is 0 Å². The van der Waals surface area contributed by atoms with Crippen molar-refractivity contribution in [3.05, 3.63) is 24.3 Å². The second-order valence-electron chi connectivity index (χ2n) is 4.26. The van der Waals surface area contributed by atoms with E-state index in [9.17, 15) is 0 Å². The first-order valence-electron chi connectivity index (χ1n) is 6.79. The van der Waals surface area contributed by atoms with Crippen LogP contribution in [-0.4, -0.2) is 37.4 Å². The van der Waals surface area contributed by atoms with Crippen LogP contribution in [-0.2, 0) is 0 Å². The van der Waals surface area contributed by atoms with Crippen LogP contribution in [0.1, 0.15) is 26.7 Å². The van der Waals surface area contributed by atoms with Crippen LogP contribution < -0.4 is 4.74 Å². The van der Waals surface area contributed by atoms with E-state index >= 15 is 0 Å². The van der Waals surface area contributed by atoms with E-state index in [1.165, 1.54) is 43.1 Å². The van der Waals surface area contributed by atoms with Crippen LogP contribution in [0.15, 0.2) is 29.2 Å². The van der Waals surface area contributed by atoms with Crippen molar-refractivity contribution < 1.29 is 4.74 Å². The van der Waals surface area contributed by atoms with E-state index in [0.717, 1.165) is 5.75 Å². The van der Waals surface area contributed by atoms with Gasteiger partial charge in [-0.1, -0.05) is 13.8 Å². The highest BCUT2D eigenvalue weighted by molar-refractivity contribution is 7.99. The first-order valence-corrected chi connectivity index (χ1v) is 7.78. The third kappa shape index (κ3) is 5.78. The van der Waals surface area contributed by atoms with Gasteiger partial charge in [0.1, 0.15) is 5.75 Å². The molecule has 0 saturated heterocycles. The highest BCUT2D eigenvalue weighted by Crippen LogP contribution is 2.22. The summed E-state index contributed by atoms with van der Waals surface area (Å²) < 4.78 is 5.15. The Morgan fingerprint density at radius 1 is 1.06 bits per heavy atom. The van der Waals surface area contributed by atoms with Crippen molar-refractivity contribution in [1.82, 2.24) is 4.90 Å². The molecule has 0 radical (unpaired) electrons. The molecule has 0 fully saturated rings. The van der Waals surface area contributed by atoms with E-state index in [0.29, 0.717) is 0 Å². The second kappa shape index (κ2) is 9.29. The highest BCUT2D eigenvalue weighted by atomic mass is 32.2. The molecule has 0 aromatic heterocycles. The Kier molecular flexibility index (Phi) is 7.94. The van der Waals surface area contributed by atoms with Gasteiger partial charge in [0.25, 0.3) is 0 Å². The van der Waals surface area contributed by atoms with Gasteiger partial charge in [-0.2, -0.15) is 0 Å². The lowest BCUT2D eigenvalue weighted by atomic mass is 10.3. The van der Waals surface area contributed by atoms with Crippen molar-refractivity contribution in [2.24, 2.45) is 0 Å². The molecule has 1 aromatic carbocycles. The van der Waals surface area contributed by atoms with Gasteiger partial charge in [-0.25, -0.2) is 0 Å². The van der Waals surface area contributed by atoms with E-state index in [-0.39, 0.29) is 0 Å². The summed E-state index contributed by atoms with van der Waals surface area (Å²) in [5.41, 5.74) is 0. The molecule has 0 aliphatic carbocycles. The lowest BCUT2D eigenvalue weighted by Crippen LogP contribution is -2.23. The fraction of sp³-hybridized carbons (Fsp3) is 0.600. The van der Waals surface area contributed by atoms with Crippen LogP contribution in [0.5, 0.6) is 5.75 Å². The molecule has 102 valence electrons. The van der Waals surface area contributed by atoms with Gasteiger partial charge in [-0.3, -0.25) is 0 Å². The van der Waals surface area contributed by atoms with Crippen molar-refractivity contribution in [1.29, 1.82) is 0 Å². The van der Waals surface area contributed by atoms with E-state index in [2.05, 4.69) is 30.9 Å². The molecule has 0 aliphatic heterocycles. The van der Waals surface area contributed by atoms with Crippen molar-refractivity contribution >= 4 is 11.8 Å². The quantitative estimate of drug-likeness (QED) is 0.497. The topological polar surface area (TPSA) is 12.5 Å². The Labute approximate surface area is 116 Å². The minimum absolute atomic E-state index is 0.931. The maximum Gasteiger partial charge on any atom is 0.118 e. The van der Waals surface area contributed by atoms with Crippen molar-refractivity contribution in [2.45, 2.75) is 31.6 Å². The number of methoxy groups -OCH3 is 1. The number of unbranched alkanes of at least 4 members (excludes halogenated alkanes) is 1. The number of rotatable bonds is 9. The highest BCUT2D eigenvalue weighted by Gasteiger charge is 1.99. The maximum atomic E-state index is 5.15. The van der Waals surface area contributed by atoms with E-state index in [1.807, 2.05) is 23.9 Å². The molecule has 2 nitrogen and oxygen atoms in total. The summed E-state index contributed by atoms with van der Waals surface area (Å²) in [4.78, 5) is 3.82. The Balaban J connectivity index is 2.13. The average Bonchev–Trinajstić information content (AvgIpc) is 2.43. The van der Waals surface area contributed by atoms with Gasteiger partial charge in [-0.15, -0.1) is 11.8 Å². The van der Waals surface area contributed by atoms with Gasteiger partial charge >= 0.3 is 0 Å². The molecule has 0 atom stereocenters. The number of ether oxygens (including phenoxy) is 1. The van der Waals surface area contributed by atoms with Crippen LogP contribution in [0.25, 0.3) is 0 Å². The number of thioether (sulfide) groups is 1. The Morgan fingerprint density at radius 2 is 1.72 bits per heavy atom. The Morgan fingerprint density at radius 3 is 2.28 bits per heavy atom. The van der Waals surface area contributed by atoms with Crippen LogP contribution in [0.3, 0.4) is 0 Å². The molecule has 1 aromatic rings. The normalized spacial score (nSPS) is 10.9. The summed E-state index contributed by atoms with van der Waals surface area (Å²) in [7, 11) is 1.70. The SMILES string of the molecule is CCN(CC)CCCCSc1ccc(OC)cc1. The molecule has 3 heteroatoms. The molecule has 0 bridgehead atoms. The number of hydrogen-bond acceptors (Lipinski definition) is 3. The fourth-order valence-electron chi connectivity index (χ4n) is 1.84. The number of hydrogen-bond donors (Lipinski definition) is 0. The van der Waals surface area contributed by atoms with Gasteiger partial charge in [0.2, 0.25) is 0 Å². The average molecular weight is 267 g/mol. The summed E-state index contributed by atoms with van der Waals surface area (Å²) >= 11 is 1.93. The zero-order chi connectivity index (χ0) is 13.2. The Hall–Kier alpha value is -0.670. The summed E-state index contributed by atoms with van der Waals surface area (Å²) in [5, 5.41) is 0. The lowest BCUT2D eigenvalue weighted by molar-refractivity contribution is 0.299. The molecule has 0 aliphatic rings. The fourth-order valence-corrected chi connectivity index (χ4v) is 2.75. The molecule has 0 heterocycles. The molecule has 0 saturated carbocycles. The van der Waals surface area contributed by atoms with Crippen molar-refractivity contribution in [2.75, 3.05) is 32.5 Å². The van der Waals surface area contributed by atoms with E-state index < -0.39 is 0 Å². The molecule has 0 spiro atoms. The molecule has 0 amide bonds. The summed E-state index contributed by atoms with van der Waals surface area (Å²) in [6.07, 6.45) is 2.58. The minimum Gasteiger partial charge on any atom is -0.497 e. The number of benzene rings is 1. The van der Waals surface area contributed by atoms with E-state index in [4.69, 9.17) is 4.74 Å². The Bertz CT molecular complexity index is 309. The smallest absolute Gasteiger partial charge is 0.118 e. The summed E-state index contributed by atoms with van der Waals surface area (Å²) in [6.45, 7) is 8.03. The number of nitrogens with zero attached hydrogens (tertiary/aromatic N) is 1. The predicted molar refractivity (Wildman–Crippen MR) is 80.7 cm³/mol. The third-order valence-electron chi connectivity index (χ3n) is 3.09. The largest absolute Gasteiger partial charge is 0.497 e. The van der Waals surface area contributed by atoms with Gasteiger partial charge in [0.15, 0.2) is 0 Å². The first kappa shape index (κ1) is 15.4. The van der Waals surface area contributed by atoms with Crippen LogP contribution >= 0.6 is 11.8 Å². The zero-order valence-electron chi connectivity index (χ0n) is 11.8. The van der Waals surface area contributed by atoms with Crippen molar-refractivity contribution in [3.8, 4) is 5.75 Å². The van der Waals surface area contributed by atoms with Crippen molar-refractivity contribution in [3.63, 3.8) is 0 Å². The van der Waals surface area contributed by atoms with Crippen LogP contribution in [0.4, 0.5) is 0 Å². The minimum atomic E-state index is 0.931. The van der Waals surface area contributed by atoms with Gasteiger partial charge in [-0.05, 0) is 62.5 Å². The molecule has 1 rings (SSSR count). The first-order chi connectivity index (χ1) is 8.80. The predicted octanol–water partition coefficient (Wildman–Crippen LogP) is 3.91. The van der Waals surface area contributed by atoms with Gasteiger partial charge in [0.05, 0.1) is 7.11 Å². The molecular weight excluding hydrogens is 242 g/mol. The third-order valence-corrected chi connectivity index (χ3v) is 4.19. The molecule has 0 unspecified atom stereocenters. The monoisotopic (exact) mass is 267 g/mol. The van der Waals surface area contributed by atoms with Gasteiger partial charge in [0, 0.05) is 4.90 Å². The van der Waals surface area contributed by atoms with Gasteiger partial charge < -0.3 is 9.64 Å². The summed E-state index contributed by atoms with van der Waals surface area (Å²) in [5.74, 6) is 2.13.